The highest BCUT2D eigenvalue weighted by Gasteiger charge is 2.18. The molecule has 1 aromatic heterocycles. The van der Waals surface area contributed by atoms with Gasteiger partial charge in [0.05, 0.1) is 20.0 Å². The second-order valence-electron chi connectivity index (χ2n) is 3.71. The standard InChI is InChI=1S/C11H17NO4/c1-8(7-13)12(2)6-9-4-5-16-10(9)11(14)15-3/h4-5,8,13H,6-7H2,1-3H3. The van der Waals surface area contributed by atoms with Gasteiger partial charge in [-0.25, -0.2) is 4.79 Å². The Hall–Kier alpha value is -1.33. The molecular weight excluding hydrogens is 210 g/mol. The number of aliphatic hydroxyl groups is 1. The van der Waals surface area contributed by atoms with Gasteiger partial charge in [-0.2, -0.15) is 0 Å². The molecule has 1 aromatic rings. The van der Waals surface area contributed by atoms with Gasteiger partial charge in [0.15, 0.2) is 0 Å². The van der Waals surface area contributed by atoms with Crippen LogP contribution in [0.2, 0.25) is 0 Å². The first kappa shape index (κ1) is 12.7. The zero-order valence-electron chi connectivity index (χ0n) is 9.77. The predicted molar refractivity (Wildman–Crippen MR) is 58.1 cm³/mol. The second-order valence-corrected chi connectivity index (χ2v) is 3.71. The first-order valence-corrected chi connectivity index (χ1v) is 5.06. The Morgan fingerprint density at radius 2 is 2.38 bits per heavy atom. The highest BCUT2D eigenvalue weighted by Crippen LogP contribution is 2.14. The van der Waals surface area contributed by atoms with Crippen LogP contribution >= 0.6 is 0 Å². The van der Waals surface area contributed by atoms with Gasteiger partial charge >= 0.3 is 5.97 Å². The molecule has 0 aliphatic heterocycles. The van der Waals surface area contributed by atoms with Gasteiger partial charge in [-0.1, -0.05) is 0 Å². The van der Waals surface area contributed by atoms with Gasteiger partial charge in [0, 0.05) is 18.2 Å². The number of likely N-dealkylation sites (N-methyl/N-ethyl adjacent to an activating group) is 1. The van der Waals surface area contributed by atoms with Crippen molar-refractivity contribution >= 4 is 5.97 Å². The summed E-state index contributed by atoms with van der Waals surface area (Å²) in [5, 5.41) is 9.00. The summed E-state index contributed by atoms with van der Waals surface area (Å²) in [6, 6.07) is 1.76. The molecule has 0 fully saturated rings. The number of rotatable bonds is 5. The molecule has 0 amide bonds. The van der Waals surface area contributed by atoms with Gasteiger partial charge in [-0.15, -0.1) is 0 Å². The van der Waals surface area contributed by atoms with Crippen molar-refractivity contribution in [3.05, 3.63) is 23.7 Å². The number of hydrogen-bond donors (Lipinski definition) is 1. The molecular formula is C11H17NO4. The molecule has 90 valence electrons. The number of aliphatic hydroxyl groups excluding tert-OH is 1. The highest BCUT2D eigenvalue weighted by atomic mass is 16.5. The maximum atomic E-state index is 11.3. The number of methoxy groups -OCH3 is 1. The number of ether oxygens (including phenoxy) is 1. The molecule has 0 aliphatic rings. The number of hydrogen-bond acceptors (Lipinski definition) is 5. The summed E-state index contributed by atoms with van der Waals surface area (Å²) in [4.78, 5) is 13.3. The Labute approximate surface area is 94.6 Å². The first-order valence-electron chi connectivity index (χ1n) is 5.06. The SMILES string of the molecule is COC(=O)c1occc1CN(C)C(C)CO. The largest absolute Gasteiger partial charge is 0.463 e. The lowest BCUT2D eigenvalue weighted by molar-refractivity contribution is 0.0561. The van der Waals surface area contributed by atoms with E-state index in [4.69, 9.17) is 9.52 Å². The number of carbonyl (C=O) groups excluding carboxylic acids is 1. The van der Waals surface area contributed by atoms with Crippen LogP contribution in [0.1, 0.15) is 23.0 Å². The van der Waals surface area contributed by atoms with Crippen molar-refractivity contribution in [3.8, 4) is 0 Å². The van der Waals surface area contributed by atoms with Crippen molar-refractivity contribution in [1.29, 1.82) is 0 Å². The molecule has 16 heavy (non-hydrogen) atoms. The molecule has 5 nitrogen and oxygen atoms in total. The minimum atomic E-state index is -0.481. The van der Waals surface area contributed by atoms with E-state index in [0.29, 0.717) is 6.54 Å². The third-order valence-electron chi connectivity index (χ3n) is 2.55. The molecule has 1 N–H and O–H groups in total. The number of esters is 1. The zero-order chi connectivity index (χ0) is 12.1. The van der Waals surface area contributed by atoms with E-state index in [9.17, 15) is 4.79 Å². The van der Waals surface area contributed by atoms with Gasteiger partial charge < -0.3 is 14.3 Å². The van der Waals surface area contributed by atoms with Crippen molar-refractivity contribution < 1.29 is 19.1 Å². The van der Waals surface area contributed by atoms with Crippen LogP contribution in [0.4, 0.5) is 0 Å². The molecule has 1 heterocycles. The van der Waals surface area contributed by atoms with Crippen LogP contribution in [0.25, 0.3) is 0 Å². The Morgan fingerprint density at radius 3 is 2.94 bits per heavy atom. The lowest BCUT2D eigenvalue weighted by atomic mass is 10.2. The van der Waals surface area contributed by atoms with Crippen molar-refractivity contribution in [2.45, 2.75) is 19.5 Å². The van der Waals surface area contributed by atoms with Gasteiger partial charge in [-0.05, 0) is 20.0 Å². The molecule has 0 spiro atoms. The Balaban J connectivity index is 2.74. The molecule has 0 aromatic carbocycles. The van der Waals surface area contributed by atoms with Crippen LogP contribution < -0.4 is 0 Å². The fourth-order valence-corrected chi connectivity index (χ4v) is 1.30. The summed E-state index contributed by atoms with van der Waals surface area (Å²) < 4.78 is 9.67. The second kappa shape index (κ2) is 5.67. The summed E-state index contributed by atoms with van der Waals surface area (Å²) in [7, 11) is 3.18. The average molecular weight is 227 g/mol. The lowest BCUT2D eigenvalue weighted by Crippen LogP contribution is -2.31. The van der Waals surface area contributed by atoms with Crippen LogP contribution in [0.15, 0.2) is 16.7 Å². The Kier molecular flexibility index (Phi) is 4.52. The van der Waals surface area contributed by atoms with E-state index in [2.05, 4.69) is 4.74 Å². The molecule has 1 rings (SSSR count). The van der Waals surface area contributed by atoms with E-state index in [1.165, 1.54) is 13.4 Å². The van der Waals surface area contributed by atoms with Crippen LogP contribution in [0.3, 0.4) is 0 Å². The minimum Gasteiger partial charge on any atom is -0.463 e. The maximum Gasteiger partial charge on any atom is 0.374 e. The van der Waals surface area contributed by atoms with Crippen molar-refractivity contribution in [2.75, 3.05) is 20.8 Å². The third kappa shape index (κ3) is 2.84. The summed E-state index contributed by atoms with van der Waals surface area (Å²) in [5.41, 5.74) is 0.759. The molecule has 1 unspecified atom stereocenters. The number of nitrogens with zero attached hydrogens (tertiary/aromatic N) is 1. The topological polar surface area (TPSA) is 62.9 Å². The molecule has 0 saturated heterocycles. The van der Waals surface area contributed by atoms with Crippen molar-refractivity contribution in [2.24, 2.45) is 0 Å². The summed E-state index contributed by atoms with van der Waals surface area (Å²) in [5.74, 6) is -0.260. The van der Waals surface area contributed by atoms with Crippen molar-refractivity contribution in [1.82, 2.24) is 4.90 Å². The van der Waals surface area contributed by atoms with Crippen LogP contribution in [0.5, 0.6) is 0 Å². The van der Waals surface area contributed by atoms with Gasteiger partial charge in [0.25, 0.3) is 0 Å². The zero-order valence-corrected chi connectivity index (χ0v) is 9.77. The molecule has 0 aliphatic carbocycles. The Morgan fingerprint density at radius 1 is 1.69 bits per heavy atom. The quantitative estimate of drug-likeness (QED) is 0.756. The number of carbonyl (C=O) groups is 1. The van der Waals surface area contributed by atoms with Crippen LogP contribution in [-0.4, -0.2) is 42.8 Å². The van der Waals surface area contributed by atoms with Gasteiger partial charge in [-0.3, -0.25) is 4.90 Å². The van der Waals surface area contributed by atoms with E-state index >= 15 is 0 Å². The fraction of sp³-hybridized carbons (Fsp3) is 0.545. The number of furan rings is 1. The van der Waals surface area contributed by atoms with Crippen LogP contribution in [-0.2, 0) is 11.3 Å². The summed E-state index contributed by atoms with van der Waals surface area (Å²) in [6.45, 7) is 2.50. The highest BCUT2D eigenvalue weighted by molar-refractivity contribution is 5.87. The van der Waals surface area contributed by atoms with Crippen molar-refractivity contribution in [3.63, 3.8) is 0 Å². The Bertz CT molecular complexity index is 348. The molecule has 0 bridgehead atoms. The maximum absolute atomic E-state index is 11.3. The van der Waals surface area contributed by atoms with Gasteiger partial charge in [0.2, 0.25) is 5.76 Å². The van der Waals surface area contributed by atoms with E-state index in [1.54, 1.807) is 6.07 Å². The lowest BCUT2D eigenvalue weighted by Gasteiger charge is -2.22. The summed E-state index contributed by atoms with van der Waals surface area (Å²) >= 11 is 0. The molecule has 5 heteroatoms. The first-order chi connectivity index (χ1) is 7.60. The fourth-order valence-electron chi connectivity index (χ4n) is 1.30. The third-order valence-corrected chi connectivity index (χ3v) is 2.55. The smallest absolute Gasteiger partial charge is 0.374 e. The summed E-state index contributed by atoms with van der Waals surface area (Å²) in [6.07, 6.45) is 1.46. The van der Waals surface area contributed by atoms with Gasteiger partial charge in [0.1, 0.15) is 0 Å². The van der Waals surface area contributed by atoms with E-state index in [0.717, 1.165) is 5.56 Å². The average Bonchev–Trinajstić information content (AvgIpc) is 2.74. The predicted octanol–water partition coefficient (Wildman–Crippen LogP) is 0.879. The minimum absolute atomic E-state index is 0.0281. The van der Waals surface area contributed by atoms with E-state index in [1.807, 2.05) is 18.9 Å². The van der Waals surface area contributed by atoms with E-state index < -0.39 is 5.97 Å². The normalized spacial score (nSPS) is 12.8. The van der Waals surface area contributed by atoms with E-state index in [-0.39, 0.29) is 18.4 Å². The molecule has 0 radical (unpaired) electrons. The van der Waals surface area contributed by atoms with Crippen LogP contribution in [0, 0.1) is 0 Å². The monoisotopic (exact) mass is 227 g/mol. The molecule has 0 saturated carbocycles. The molecule has 1 atom stereocenters.